The Kier molecular flexibility index (Phi) is 6.09. The standard InChI is InChI=1S/C13H20BrFN2/c1-10(16-7-4-8-17(2)3)12-6-5-11(14)9-13(12)15/h5-6,9-10,16H,4,7-8H2,1-3H3. The van der Waals surface area contributed by atoms with Crippen LogP contribution < -0.4 is 5.32 Å². The molecular weight excluding hydrogens is 283 g/mol. The Labute approximate surface area is 111 Å². The van der Waals surface area contributed by atoms with Crippen LogP contribution in [0.4, 0.5) is 4.39 Å². The van der Waals surface area contributed by atoms with Crippen LogP contribution in [0.2, 0.25) is 0 Å². The molecule has 0 aliphatic rings. The SMILES string of the molecule is CC(NCCCN(C)C)c1ccc(Br)cc1F. The quantitative estimate of drug-likeness (QED) is 0.812. The minimum absolute atomic E-state index is 0.0465. The van der Waals surface area contributed by atoms with E-state index in [1.165, 1.54) is 6.07 Å². The minimum atomic E-state index is -0.160. The van der Waals surface area contributed by atoms with E-state index in [1.54, 1.807) is 0 Å². The van der Waals surface area contributed by atoms with Crippen molar-refractivity contribution in [1.82, 2.24) is 10.2 Å². The molecule has 0 heterocycles. The summed E-state index contributed by atoms with van der Waals surface area (Å²) in [5, 5.41) is 3.33. The van der Waals surface area contributed by atoms with Gasteiger partial charge in [-0.2, -0.15) is 0 Å². The number of hydrogen-bond donors (Lipinski definition) is 1. The third kappa shape index (κ3) is 5.15. The summed E-state index contributed by atoms with van der Waals surface area (Å²) >= 11 is 3.26. The van der Waals surface area contributed by atoms with Gasteiger partial charge in [0.15, 0.2) is 0 Å². The van der Waals surface area contributed by atoms with E-state index in [1.807, 2.05) is 19.1 Å². The smallest absolute Gasteiger partial charge is 0.129 e. The van der Waals surface area contributed by atoms with Gasteiger partial charge in [0.2, 0.25) is 0 Å². The summed E-state index contributed by atoms with van der Waals surface area (Å²) in [6.07, 6.45) is 1.06. The van der Waals surface area contributed by atoms with Gasteiger partial charge in [-0.15, -0.1) is 0 Å². The second kappa shape index (κ2) is 7.09. The van der Waals surface area contributed by atoms with Crippen molar-refractivity contribution in [3.05, 3.63) is 34.1 Å². The molecule has 1 N–H and O–H groups in total. The van der Waals surface area contributed by atoms with Crippen LogP contribution in [-0.4, -0.2) is 32.1 Å². The van der Waals surface area contributed by atoms with Crippen molar-refractivity contribution >= 4 is 15.9 Å². The topological polar surface area (TPSA) is 15.3 Å². The second-order valence-corrected chi connectivity index (χ2v) is 5.41. The summed E-state index contributed by atoms with van der Waals surface area (Å²) in [6, 6.07) is 5.25. The predicted octanol–water partition coefficient (Wildman–Crippen LogP) is 3.19. The molecule has 0 spiro atoms. The van der Waals surface area contributed by atoms with Gasteiger partial charge in [-0.1, -0.05) is 22.0 Å². The minimum Gasteiger partial charge on any atom is -0.310 e. The fourth-order valence-electron chi connectivity index (χ4n) is 1.68. The Morgan fingerprint density at radius 1 is 1.41 bits per heavy atom. The fraction of sp³-hybridized carbons (Fsp3) is 0.538. The number of hydrogen-bond acceptors (Lipinski definition) is 2. The third-order valence-corrected chi connectivity index (χ3v) is 3.15. The molecule has 0 saturated carbocycles. The van der Waals surface area contributed by atoms with E-state index in [-0.39, 0.29) is 11.9 Å². The van der Waals surface area contributed by atoms with E-state index in [0.717, 1.165) is 29.5 Å². The first kappa shape index (κ1) is 14.6. The van der Waals surface area contributed by atoms with Crippen LogP contribution in [0.25, 0.3) is 0 Å². The molecule has 1 aromatic carbocycles. The first-order valence-corrected chi connectivity index (χ1v) is 6.63. The molecule has 0 radical (unpaired) electrons. The zero-order valence-corrected chi connectivity index (χ0v) is 12.2. The normalized spacial score (nSPS) is 13.1. The average molecular weight is 303 g/mol. The first-order valence-electron chi connectivity index (χ1n) is 5.83. The summed E-state index contributed by atoms with van der Waals surface area (Å²) < 4.78 is 14.4. The van der Waals surface area contributed by atoms with Gasteiger partial charge in [-0.05, 0) is 52.7 Å². The summed E-state index contributed by atoms with van der Waals surface area (Å²) in [7, 11) is 4.11. The van der Waals surface area contributed by atoms with Crippen LogP contribution in [-0.2, 0) is 0 Å². The van der Waals surface area contributed by atoms with Crippen LogP contribution in [0.15, 0.2) is 22.7 Å². The molecule has 0 aromatic heterocycles. The van der Waals surface area contributed by atoms with E-state index in [9.17, 15) is 4.39 Å². The summed E-state index contributed by atoms with van der Waals surface area (Å²) in [5.74, 6) is -0.160. The van der Waals surface area contributed by atoms with Crippen molar-refractivity contribution in [2.45, 2.75) is 19.4 Å². The van der Waals surface area contributed by atoms with E-state index in [0.29, 0.717) is 0 Å². The van der Waals surface area contributed by atoms with Gasteiger partial charge in [0.25, 0.3) is 0 Å². The lowest BCUT2D eigenvalue weighted by Crippen LogP contribution is -2.24. The van der Waals surface area contributed by atoms with Crippen molar-refractivity contribution in [2.24, 2.45) is 0 Å². The molecule has 0 amide bonds. The van der Waals surface area contributed by atoms with Crippen molar-refractivity contribution < 1.29 is 4.39 Å². The highest BCUT2D eigenvalue weighted by molar-refractivity contribution is 9.10. The maximum absolute atomic E-state index is 13.7. The average Bonchev–Trinajstić information content (AvgIpc) is 2.23. The Morgan fingerprint density at radius 3 is 2.71 bits per heavy atom. The Hall–Kier alpha value is -0.450. The lowest BCUT2D eigenvalue weighted by molar-refractivity contribution is 0.388. The van der Waals surface area contributed by atoms with Crippen molar-refractivity contribution in [3.8, 4) is 0 Å². The molecule has 0 fully saturated rings. The van der Waals surface area contributed by atoms with E-state index in [2.05, 4.69) is 40.2 Å². The second-order valence-electron chi connectivity index (χ2n) is 4.50. The van der Waals surface area contributed by atoms with Crippen LogP contribution in [0.3, 0.4) is 0 Å². The van der Waals surface area contributed by atoms with Crippen LogP contribution in [0.5, 0.6) is 0 Å². The monoisotopic (exact) mass is 302 g/mol. The number of nitrogens with one attached hydrogen (secondary N) is 1. The number of rotatable bonds is 6. The number of nitrogens with zero attached hydrogens (tertiary/aromatic N) is 1. The van der Waals surface area contributed by atoms with Crippen molar-refractivity contribution in [1.29, 1.82) is 0 Å². The summed E-state index contributed by atoms with van der Waals surface area (Å²) in [5.41, 5.74) is 0.720. The van der Waals surface area contributed by atoms with Crippen LogP contribution in [0, 0.1) is 5.82 Å². The van der Waals surface area contributed by atoms with Crippen LogP contribution >= 0.6 is 15.9 Å². The Balaban J connectivity index is 2.44. The largest absolute Gasteiger partial charge is 0.310 e. The highest BCUT2D eigenvalue weighted by Gasteiger charge is 2.10. The van der Waals surface area contributed by atoms with Gasteiger partial charge < -0.3 is 10.2 Å². The summed E-state index contributed by atoms with van der Waals surface area (Å²) in [6.45, 7) is 3.93. The highest BCUT2D eigenvalue weighted by Crippen LogP contribution is 2.20. The first-order chi connectivity index (χ1) is 8.00. The van der Waals surface area contributed by atoms with Gasteiger partial charge in [0, 0.05) is 16.1 Å². The molecule has 2 nitrogen and oxygen atoms in total. The highest BCUT2D eigenvalue weighted by atomic mass is 79.9. The zero-order valence-electron chi connectivity index (χ0n) is 10.6. The number of benzene rings is 1. The maximum Gasteiger partial charge on any atom is 0.129 e. The maximum atomic E-state index is 13.7. The van der Waals surface area contributed by atoms with Gasteiger partial charge in [0.05, 0.1) is 0 Å². The molecule has 96 valence electrons. The molecule has 0 bridgehead atoms. The van der Waals surface area contributed by atoms with Crippen molar-refractivity contribution in [3.63, 3.8) is 0 Å². The third-order valence-electron chi connectivity index (χ3n) is 2.66. The van der Waals surface area contributed by atoms with Gasteiger partial charge in [0.1, 0.15) is 5.82 Å². The molecule has 0 aliphatic heterocycles. The Morgan fingerprint density at radius 2 is 2.12 bits per heavy atom. The van der Waals surface area contributed by atoms with Crippen LogP contribution in [0.1, 0.15) is 24.9 Å². The van der Waals surface area contributed by atoms with Gasteiger partial charge >= 0.3 is 0 Å². The van der Waals surface area contributed by atoms with Gasteiger partial charge in [-0.25, -0.2) is 4.39 Å². The van der Waals surface area contributed by atoms with Gasteiger partial charge in [-0.3, -0.25) is 0 Å². The van der Waals surface area contributed by atoms with E-state index < -0.39 is 0 Å². The van der Waals surface area contributed by atoms with Crippen molar-refractivity contribution in [2.75, 3.05) is 27.2 Å². The Bertz CT molecular complexity index is 355. The molecule has 0 aliphatic carbocycles. The molecule has 17 heavy (non-hydrogen) atoms. The molecule has 1 atom stereocenters. The molecule has 1 unspecified atom stereocenters. The zero-order chi connectivity index (χ0) is 12.8. The molecule has 1 aromatic rings. The molecule has 1 rings (SSSR count). The van der Waals surface area contributed by atoms with E-state index >= 15 is 0 Å². The number of halogens is 2. The fourth-order valence-corrected chi connectivity index (χ4v) is 2.01. The lowest BCUT2D eigenvalue weighted by Gasteiger charge is -2.16. The summed E-state index contributed by atoms with van der Waals surface area (Å²) in [4.78, 5) is 2.15. The van der Waals surface area contributed by atoms with E-state index in [4.69, 9.17) is 0 Å². The molecule has 0 saturated heterocycles. The predicted molar refractivity (Wildman–Crippen MR) is 73.7 cm³/mol. The molecule has 4 heteroatoms. The lowest BCUT2D eigenvalue weighted by atomic mass is 10.1. The molecular formula is C13H20BrFN2.